The number of hydrogen-bond acceptors (Lipinski definition) is 4. The minimum Gasteiger partial charge on any atom is -0.326 e. The predicted octanol–water partition coefficient (Wildman–Crippen LogP) is 1.71. The largest absolute Gasteiger partial charge is 0.326 e. The average molecular weight is 291 g/mol. The number of rotatable bonds is 1. The molecule has 0 spiro atoms. The van der Waals surface area contributed by atoms with Crippen LogP contribution in [0.4, 0.5) is 0 Å². The van der Waals surface area contributed by atoms with Crippen molar-refractivity contribution in [2.24, 2.45) is 5.73 Å². The van der Waals surface area contributed by atoms with Crippen molar-refractivity contribution in [3.63, 3.8) is 0 Å². The molecule has 2 N–H and O–H groups in total. The Kier molecular flexibility index (Phi) is 8.98. The third-order valence-corrected chi connectivity index (χ3v) is 5.25. The summed E-state index contributed by atoms with van der Waals surface area (Å²) in [5.74, 6) is 5.31. The molecule has 0 bridgehead atoms. The topological polar surface area (TPSA) is 29.3 Å². The summed E-state index contributed by atoms with van der Waals surface area (Å²) in [7, 11) is 0. The molecular formula is C9H20Cl2N2S2. The maximum Gasteiger partial charge on any atom is 0.0277 e. The van der Waals surface area contributed by atoms with Gasteiger partial charge in [0.15, 0.2) is 0 Å². The Bertz CT molecular complexity index is 166. The van der Waals surface area contributed by atoms with Gasteiger partial charge in [-0.3, -0.25) is 4.90 Å². The smallest absolute Gasteiger partial charge is 0.0277 e. The number of halogens is 2. The van der Waals surface area contributed by atoms with Crippen molar-refractivity contribution in [2.45, 2.75) is 18.5 Å². The zero-order valence-electron chi connectivity index (χ0n) is 8.76. The molecule has 0 aliphatic carbocycles. The molecule has 2 rings (SSSR count). The van der Waals surface area contributed by atoms with Gasteiger partial charge in [-0.05, 0) is 6.42 Å². The molecule has 2 saturated heterocycles. The Hall–Kier alpha value is 1.20. The molecule has 2 aliphatic heterocycles. The molecular weight excluding hydrogens is 271 g/mol. The molecule has 0 amide bonds. The highest BCUT2D eigenvalue weighted by Crippen LogP contribution is 2.22. The number of nitrogens with zero attached hydrogens (tertiary/aromatic N) is 1. The lowest BCUT2D eigenvalue weighted by Gasteiger charge is -2.25. The molecule has 1 unspecified atom stereocenters. The van der Waals surface area contributed by atoms with Gasteiger partial charge in [0, 0.05) is 48.2 Å². The fraction of sp³-hybridized carbons (Fsp3) is 1.00. The van der Waals surface area contributed by atoms with Crippen LogP contribution in [-0.4, -0.2) is 53.1 Å². The van der Waals surface area contributed by atoms with Crippen LogP contribution in [0.1, 0.15) is 6.42 Å². The summed E-state index contributed by atoms with van der Waals surface area (Å²) in [5.41, 5.74) is 5.92. The number of thioether (sulfide) groups is 2. The fourth-order valence-corrected chi connectivity index (χ4v) is 4.59. The van der Waals surface area contributed by atoms with E-state index in [2.05, 4.69) is 28.4 Å². The van der Waals surface area contributed by atoms with Gasteiger partial charge < -0.3 is 5.73 Å². The lowest BCUT2D eigenvalue weighted by atomic mass is 10.3. The van der Waals surface area contributed by atoms with Gasteiger partial charge in [0.25, 0.3) is 0 Å². The van der Waals surface area contributed by atoms with E-state index in [9.17, 15) is 0 Å². The summed E-state index contributed by atoms with van der Waals surface area (Å²) in [6.45, 7) is 2.36. The first kappa shape index (κ1) is 16.2. The highest BCUT2D eigenvalue weighted by molar-refractivity contribution is 8.03. The highest BCUT2D eigenvalue weighted by Gasteiger charge is 2.26. The molecule has 92 valence electrons. The van der Waals surface area contributed by atoms with Crippen molar-refractivity contribution >= 4 is 48.3 Å². The second-order valence-electron chi connectivity index (χ2n) is 3.85. The second-order valence-corrected chi connectivity index (χ2v) is 6.15. The summed E-state index contributed by atoms with van der Waals surface area (Å²) in [4.78, 5) is 2.59. The van der Waals surface area contributed by atoms with Crippen LogP contribution in [0.3, 0.4) is 0 Å². The highest BCUT2D eigenvalue weighted by atomic mass is 35.5. The third kappa shape index (κ3) is 4.92. The molecule has 2 heterocycles. The molecule has 0 aromatic carbocycles. The van der Waals surface area contributed by atoms with Gasteiger partial charge in [-0.25, -0.2) is 0 Å². The van der Waals surface area contributed by atoms with E-state index in [4.69, 9.17) is 5.73 Å². The summed E-state index contributed by atoms with van der Waals surface area (Å²) >= 11 is 4.22. The van der Waals surface area contributed by atoms with Gasteiger partial charge >= 0.3 is 0 Å². The lowest BCUT2D eigenvalue weighted by Crippen LogP contribution is -2.38. The van der Waals surface area contributed by atoms with Gasteiger partial charge in [-0.15, -0.1) is 24.8 Å². The normalized spacial score (nSPS) is 29.0. The Morgan fingerprint density at radius 1 is 1.07 bits per heavy atom. The Morgan fingerprint density at radius 2 is 1.67 bits per heavy atom. The van der Waals surface area contributed by atoms with Crippen LogP contribution < -0.4 is 5.73 Å². The van der Waals surface area contributed by atoms with Crippen molar-refractivity contribution < 1.29 is 0 Å². The zero-order chi connectivity index (χ0) is 9.10. The standard InChI is InChI=1S/C9H18N2S2.2ClH/c10-8-1-2-11(5-8)9-6-12-3-4-13-7-9;;/h8-9H,1-7,10H2;2*1H. The molecule has 2 nitrogen and oxygen atoms in total. The van der Waals surface area contributed by atoms with Crippen LogP contribution >= 0.6 is 48.3 Å². The van der Waals surface area contributed by atoms with Gasteiger partial charge in [-0.1, -0.05) is 0 Å². The van der Waals surface area contributed by atoms with E-state index in [0.717, 1.165) is 12.6 Å². The molecule has 0 aromatic rings. The quantitative estimate of drug-likeness (QED) is 0.796. The third-order valence-electron chi connectivity index (χ3n) is 2.77. The van der Waals surface area contributed by atoms with Crippen LogP contribution in [0, 0.1) is 0 Å². The summed E-state index contributed by atoms with van der Waals surface area (Å²) in [6.07, 6.45) is 1.20. The fourth-order valence-electron chi connectivity index (χ4n) is 1.96. The van der Waals surface area contributed by atoms with E-state index >= 15 is 0 Å². The zero-order valence-corrected chi connectivity index (χ0v) is 12.0. The van der Waals surface area contributed by atoms with Crippen LogP contribution in [0.5, 0.6) is 0 Å². The monoisotopic (exact) mass is 290 g/mol. The van der Waals surface area contributed by atoms with E-state index in [0.29, 0.717) is 6.04 Å². The molecule has 6 heteroatoms. The maximum absolute atomic E-state index is 5.92. The SMILES string of the molecule is Cl.Cl.NC1CCN(C2CSCCSC2)C1. The molecule has 1 atom stereocenters. The summed E-state index contributed by atoms with van der Waals surface area (Å²) in [6, 6.07) is 1.24. The van der Waals surface area contributed by atoms with E-state index in [1.54, 1.807) is 0 Å². The van der Waals surface area contributed by atoms with Crippen molar-refractivity contribution in [1.82, 2.24) is 4.90 Å². The van der Waals surface area contributed by atoms with Crippen LogP contribution in [0.2, 0.25) is 0 Å². The first-order chi connectivity index (χ1) is 6.36. The number of nitrogens with two attached hydrogens (primary N) is 1. The van der Waals surface area contributed by atoms with Crippen LogP contribution in [0.15, 0.2) is 0 Å². The van der Waals surface area contributed by atoms with Crippen molar-refractivity contribution in [3.8, 4) is 0 Å². The molecule has 0 aromatic heterocycles. The van der Waals surface area contributed by atoms with Gasteiger partial charge in [0.2, 0.25) is 0 Å². The lowest BCUT2D eigenvalue weighted by molar-refractivity contribution is 0.281. The van der Waals surface area contributed by atoms with E-state index in [-0.39, 0.29) is 24.8 Å². The van der Waals surface area contributed by atoms with Crippen LogP contribution in [-0.2, 0) is 0 Å². The Balaban J connectivity index is 0.000000980. The number of hydrogen-bond donors (Lipinski definition) is 1. The van der Waals surface area contributed by atoms with E-state index in [1.165, 1.54) is 36.0 Å². The van der Waals surface area contributed by atoms with Crippen molar-refractivity contribution in [3.05, 3.63) is 0 Å². The summed E-state index contributed by atoms with van der Waals surface area (Å²) in [5, 5.41) is 0. The van der Waals surface area contributed by atoms with Crippen LogP contribution in [0.25, 0.3) is 0 Å². The Morgan fingerprint density at radius 3 is 2.13 bits per heavy atom. The maximum atomic E-state index is 5.92. The molecule has 0 saturated carbocycles. The second kappa shape index (κ2) is 8.31. The number of likely N-dealkylation sites (tertiary alicyclic amines) is 1. The Labute approximate surface area is 113 Å². The minimum absolute atomic E-state index is 0. The molecule has 0 radical (unpaired) electrons. The first-order valence-electron chi connectivity index (χ1n) is 5.01. The molecule has 2 fully saturated rings. The van der Waals surface area contributed by atoms with Crippen molar-refractivity contribution in [2.75, 3.05) is 36.1 Å². The van der Waals surface area contributed by atoms with Gasteiger partial charge in [-0.2, -0.15) is 23.5 Å². The van der Waals surface area contributed by atoms with E-state index in [1.807, 2.05) is 0 Å². The first-order valence-corrected chi connectivity index (χ1v) is 7.32. The molecule has 2 aliphatic rings. The predicted molar refractivity (Wildman–Crippen MR) is 77.1 cm³/mol. The van der Waals surface area contributed by atoms with Gasteiger partial charge in [0.1, 0.15) is 0 Å². The average Bonchev–Trinajstić information content (AvgIpc) is 2.43. The van der Waals surface area contributed by atoms with E-state index < -0.39 is 0 Å². The molecule has 15 heavy (non-hydrogen) atoms. The summed E-state index contributed by atoms with van der Waals surface area (Å²) < 4.78 is 0. The van der Waals surface area contributed by atoms with Gasteiger partial charge in [0.05, 0.1) is 0 Å². The minimum atomic E-state index is 0. The van der Waals surface area contributed by atoms with Crippen molar-refractivity contribution in [1.29, 1.82) is 0 Å².